The van der Waals surface area contributed by atoms with Crippen LogP contribution < -0.4 is 10.6 Å². The van der Waals surface area contributed by atoms with Gasteiger partial charge in [-0.3, -0.25) is 9.59 Å². The fourth-order valence-electron chi connectivity index (χ4n) is 3.87. The highest BCUT2D eigenvalue weighted by atomic mass is 35.5. The Balaban J connectivity index is 1.36. The highest BCUT2D eigenvalue weighted by molar-refractivity contribution is 6.34. The third-order valence-corrected chi connectivity index (χ3v) is 5.83. The summed E-state index contributed by atoms with van der Waals surface area (Å²) in [6, 6.07) is 18.7. The Morgan fingerprint density at radius 3 is 2.84 bits per heavy atom. The summed E-state index contributed by atoms with van der Waals surface area (Å²) in [5, 5.41) is 11.6. The fraction of sp³-hybridized carbons (Fsp3) is 0.125. The van der Waals surface area contributed by atoms with Gasteiger partial charge in [0.25, 0.3) is 5.91 Å². The summed E-state index contributed by atoms with van der Waals surface area (Å²) in [4.78, 5) is 24.4. The van der Waals surface area contributed by atoms with Crippen LogP contribution in [0.1, 0.15) is 34.5 Å². The van der Waals surface area contributed by atoms with Crippen LogP contribution in [0.15, 0.2) is 66.9 Å². The highest BCUT2D eigenvalue weighted by Crippen LogP contribution is 2.27. The summed E-state index contributed by atoms with van der Waals surface area (Å²) in [6.45, 7) is 1.90. The first-order chi connectivity index (χ1) is 15.0. The Labute approximate surface area is 183 Å². The number of rotatable bonds is 4. The van der Waals surface area contributed by atoms with Gasteiger partial charge in [0, 0.05) is 11.1 Å². The van der Waals surface area contributed by atoms with E-state index in [1.54, 1.807) is 23.0 Å². The molecular weight excluding hydrogens is 412 g/mol. The van der Waals surface area contributed by atoms with E-state index < -0.39 is 0 Å². The van der Waals surface area contributed by atoms with Gasteiger partial charge in [0.05, 0.1) is 40.4 Å². The zero-order valence-electron chi connectivity index (χ0n) is 16.7. The Morgan fingerprint density at radius 2 is 2.00 bits per heavy atom. The molecule has 0 bridgehead atoms. The van der Waals surface area contributed by atoms with Gasteiger partial charge >= 0.3 is 0 Å². The average Bonchev–Trinajstić information content (AvgIpc) is 3.35. The molecule has 31 heavy (non-hydrogen) atoms. The van der Waals surface area contributed by atoms with Crippen LogP contribution >= 0.6 is 11.6 Å². The zero-order chi connectivity index (χ0) is 21.5. The lowest BCUT2D eigenvalue weighted by atomic mass is 10.0. The van der Waals surface area contributed by atoms with Gasteiger partial charge in [0.1, 0.15) is 0 Å². The number of fused-ring (bicyclic) bond motifs is 2. The molecule has 0 fully saturated rings. The molecular formula is C24H19ClN4O2. The number of aromatic nitrogens is 2. The van der Waals surface area contributed by atoms with Crippen LogP contribution in [0.3, 0.4) is 0 Å². The normalized spacial score (nSPS) is 13.7. The Hall–Kier alpha value is -3.64. The molecule has 1 aliphatic heterocycles. The molecule has 2 N–H and O–H groups in total. The number of anilines is 1. The van der Waals surface area contributed by atoms with Crippen LogP contribution in [-0.2, 0) is 11.2 Å². The van der Waals surface area contributed by atoms with Gasteiger partial charge in [0.2, 0.25) is 5.91 Å². The molecule has 0 saturated carbocycles. The van der Waals surface area contributed by atoms with Crippen LogP contribution in [0.2, 0.25) is 5.02 Å². The molecule has 6 nitrogen and oxygen atoms in total. The highest BCUT2D eigenvalue weighted by Gasteiger charge is 2.20. The lowest BCUT2D eigenvalue weighted by Crippen LogP contribution is -2.27. The van der Waals surface area contributed by atoms with E-state index in [9.17, 15) is 9.59 Å². The number of amides is 2. The number of hydrogen-bond donors (Lipinski definition) is 2. The molecule has 2 amide bonds. The summed E-state index contributed by atoms with van der Waals surface area (Å²) >= 11 is 6.47. The van der Waals surface area contributed by atoms with Crippen molar-refractivity contribution >= 4 is 40.0 Å². The van der Waals surface area contributed by atoms with Crippen LogP contribution in [0.5, 0.6) is 0 Å². The largest absolute Gasteiger partial charge is 0.345 e. The second kappa shape index (κ2) is 7.56. The number of benzene rings is 3. The van der Waals surface area contributed by atoms with Crippen LogP contribution in [0.25, 0.3) is 16.6 Å². The molecule has 1 aliphatic rings. The minimum atomic E-state index is -0.260. The summed E-state index contributed by atoms with van der Waals surface area (Å²) in [5.74, 6) is -0.273. The van der Waals surface area contributed by atoms with E-state index in [0.717, 1.165) is 33.4 Å². The number of halogens is 1. The first kappa shape index (κ1) is 19.3. The molecule has 0 spiro atoms. The number of nitrogens with one attached hydrogen (secondary N) is 2. The maximum Gasteiger partial charge on any atom is 0.253 e. The van der Waals surface area contributed by atoms with Gasteiger partial charge in [-0.1, -0.05) is 41.9 Å². The second-order valence-electron chi connectivity index (χ2n) is 7.62. The summed E-state index contributed by atoms with van der Waals surface area (Å²) < 4.78 is 1.80. The summed E-state index contributed by atoms with van der Waals surface area (Å²) in [5.41, 5.74) is 4.85. The zero-order valence-corrected chi connectivity index (χ0v) is 17.5. The molecule has 1 aromatic heterocycles. The predicted octanol–water partition coefficient (Wildman–Crippen LogP) is 4.66. The van der Waals surface area contributed by atoms with E-state index in [4.69, 9.17) is 11.6 Å². The van der Waals surface area contributed by atoms with E-state index >= 15 is 0 Å². The summed E-state index contributed by atoms with van der Waals surface area (Å²) in [7, 11) is 0. The van der Waals surface area contributed by atoms with Crippen LogP contribution in [-0.4, -0.2) is 21.6 Å². The van der Waals surface area contributed by atoms with E-state index in [1.165, 1.54) is 0 Å². The van der Waals surface area contributed by atoms with Crippen molar-refractivity contribution in [2.45, 2.75) is 19.4 Å². The maximum atomic E-state index is 12.9. The average molecular weight is 431 g/mol. The third kappa shape index (κ3) is 3.55. The lowest BCUT2D eigenvalue weighted by molar-refractivity contribution is -0.115. The smallest absolute Gasteiger partial charge is 0.253 e. The number of para-hydroxylation sites is 1. The van der Waals surface area contributed by atoms with Crippen molar-refractivity contribution in [2.24, 2.45) is 0 Å². The second-order valence-corrected chi connectivity index (χ2v) is 8.02. The van der Waals surface area contributed by atoms with Gasteiger partial charge < -0.3 is 10.6 Å². The van der Waals surface area contributed by atoms with E-state index in [0.29, 0.717) is 17.0 Å². The molecule has 0 radical (unpaired) electrons. The molecule has 7 heteroatoms. The molecule has 0 saturated heterocycles. The fourth-order valence-corrected chi connectivity index (χ4v) is 4.13. The van der Waals surface area contributed by atoms with E-state index in [2.05, 4.69) is 15.7 Å². The molecule has 3 aromatic carbocycles. The minimum absolute atomic E-state index is 0.0133. The Morgan fingerprint density at radius 1 is 1.16 bits per heavy atom. The quantitative estimate of drug-likeness (QED) is 0.494. The molecule has 0 aliphatic carbocycles. The van der Waals surface area contributed by atoms with Crippen LogP contribution in [0, 0.1) is 0 Å². The number of carbonyl (C=O) groups excluding carboxylic acids is 2. The van der Waals surface area contributed by atoms with E-state index in [-0.39, 0.29) is 17.9 Å². The Kier molecular flexibility index (Phi) is 4.71. The third-order valence-electron chi connectivity index (χ3n) is 5.52. The molecule has 5 rings (SSSR count). The van der Waals surface area contributed by atoms with Gasteiger partial charge in [-0.05, 0) is 48.4 Å². The van der Waals surface area contributed by atoms with Crippen molar-refractivity contribution in [3.63, 3.8) is 0 Å². The maximum absolute atomic E-state index is 12.9. The lowest BCUT2D eigenvalue weighted by Gasteiger charge is -2.16. The number of nitrogens with zero attached hydrogens (tertiary/aromatic N) is 2. The molecule has 1 atom stereocenters. The van der Waals surface area contributed by atoms with Gasteiger partial charge in [-0.2, -0.15) is 5.10 Å². The molecule has 4 aromatic rings. The number of hydrogen-bond acceptors (Lipinski definition) is 3. The van der Waals surface area contributed by atoms with Crippen molar-refractivity contribution in [2.75, 3.05) is 5.32 Å². The molecule has 2 heterocycles. The van der Waals surface area contributed by atoms with Crippen molar-refractivity contribution in [3.8, 4) is 5.69 Å². The Bertz CT molecular complexity index is 1340. The van der Waals surface area contributed by atoms with Crippen molar-refractivity contribution in [1.29, 1.82) is 0 Å². The molecule has 154 valence electrons. The first-order valence-electron chi connectivity index (χ1n) is 9.96. The topological polar surface area (TPSA) is 76.0 Å². The summed E-state index contributed by atoms with van der Waals surface area (Å²) in [6.07, 6.45) is 2.16. The van der Waals surface area contributed by atoms with Gasteiger partial charge in [-0.25, -0.2) is 4.68 Å². The molecule has 1 unspecified atom stereocenters. The monoisotopic (exact) mass is 430 g/mol. The van der Waals surface area contributed by atoms with Crippen LogP contribution in [0.4, 0.5) is 5.69 Å². The van der Waals surface area contributed by atoms with Crippen molar-refractivity contribution in [1.82, 2.24) is 15.1 Å². The van der Waals surface area contributed by atoms with Gasteiger partial charge in [-0.15, -0.1) is 0 Å². The predicted molar refractivity (Wildman–Crippen MR) is 121 cm³/mol. The first-order valence-corrected chi connectivity index (χ1v) is 10.3. The SMILES string of the molecule is CC(NC(=O)c1ccc(-n2ncc3ccccc32)cc1Cl)c1ccc2c(c1)CC(=O)N2. The number of carbonyl (C=O) groups is 2. The van der Waals surface area contributed by atoms with Crippen molar-refractivity contribution < 1.29 is 9.59 Å². The minimum Gasteiger partial charge on any atom is -0.345 e. The standard InChI is InChI=1S/C24H19ClN4O2/c1-14(15-6-9-21-17(10-15)11-23(30)28-21)27-24(31)19-8-7-18(12-20(19)25)29-22-5-3-2-4-16(22)13-26-29/h2-10,12-14H,11H2,1H3,(H,27,31)(H,28,30). The van der Waals surface area contributed by atoms with E-state index in [1.807, 2.05) is 55.5 Å². The van der Waals surface area contributed by atoms with Gasteiger partial charge in [0.15, 0.2) is 0 Å². The van der Waals surface area contributed by atoms with Crippen molar-refractivity contribution in [3.05, 3.63) is 88.6 Å².